The number of nitrogens with one attached hydrogen (secondary N) is 2. The second kappa shape index (κ2) is 6.29. The van der Waals surface area contributed by atoms with Gasteiger partial charge in [0.1, 0.15) is 0 Å². The second-order valence-corrected chi connectivity index (χ2v) is 4.36. The lowest BCUT2D eigenvalue weighted by molar-refractivity contribution is -0.155. The van der Waals surface area contributed by atoms with E-state index in [4.69, 9.17) is 5.11 Å². The van der Waals surface area contributed by atoms with E-state index >= 15 is 0 Å². The smallest absolute Gasteiger partial charge is 0.337 e. The average Bonchev–Trinajstić information content (AvgIpc) is 2.37. The highest BCUT2D eigenvalue weighted by molar-refractivity contribution is 5.79. The molecule has 1 atom stereocenters. The predicted molar refractivity (Wildman–Crippen MR) is 64.9 cm³/mol. The third kappa shape index (κ3) is 4.47. The summed E-state index contributed by atoms with van der Waals surface area (Å²) in [6, 6.07) is 2.42. The van der Waals surface area contributed by atoms with Gasteiger partial charge in [0.15, 0.2) is 17.2 Å². The number of carbonyl (C=O) groups is 2. The summed E-state index contributed by atoms with van der Waals surface area (Å²) >= 11 is 0. The van der Waals surface area contributed by atoms with Crippen molar-refractivity contribution in [2.24, 2.45) is 0 Å². The van der Waals surface area contributed by atoms with Crippen LogP contribution < -0.4 is 10.6 Å². The van der Waals surface area contributed by atoms with Gasteiger partial charge in [-0.2, -0.15) is 0 Å². The molecule has 0 aliphatic heterocycles. The van der Waals surface area contributed by atoms with Crippen LogP contribution in [0.5, 0.6) is 0 Å². The molecule has 0 bridgehead atoms. The third-order valence-corrected chi connectivity index (χ3v) is 2.49. The van der Waals surface area contributed by atoms with Crippen molar-refractivity contribution in [2.75, 3.05) is 6.54 Å². The molecule has 0 aliphatic carbocycles. The van der Waals surface area contributed by atoms with Crippen LogP contribution in [0.4, 0.5) is 13.6 Å². The molecule has 0 saturated carbocycles. The standard InChI is InChI=1S/C12H14F2N2O4/c1-12(20,10(17)18)6-16-11(19)15-5-7-2-3-8(13)9(14)4-7/h2-4,20H,5-6H2,1H3,(H,17,18)(H2,15,16,19). The van der Waals surface area contributed by atoms with Crippen molar-refractivity contribution < 1.29 is 28.6 Å². The number of urea groups is 1. The molecule has 0 aromatic heterocycles. The molecule has 0 aliphatic rings. The number of hydrogen-bond donors (Lipinski definition) is 4. The molecule has 0 saturated heterocycles. The molecular weight excluding hydrogens is 274 g/mol. The van der Waals surface area contributed by atoms with Gasteiger partial charge in [-0.25, -0.2) is 18.4 Å². The van der Waals surface area contributed by atoms with Crippen LogP contribution in [-0.2, 0) is 11.3 Å². The Labute approximate surface area is 113 Å². The van der Waals surface area contributed by atoms with E-state index in [2.05, 4.69) is 10.6 Å². The van der Waals surface area contributed by atoms with E-state index in [1.165, 1.54) is 6.07 Å². The summed E-state index contributed by atoms with van der Waals surface area (Å²) in [4.78, 5) is 21.9. The number of halogens is 2. The maximum atomic E-state index is 12.9. The van der Waals surface area contributed by atoms with Crippen LogP contribution in [-0.4, -0.2) is 34.4 Å². The first-order valence-corrected chi connectivity index (χ1v) is 5.64. The number of aliphatic hydroxyl groups is 1. The molecule has 6 nitrogen and oxygen atoms in total. The highest BCUT2D eigenvalue weighted by atomic mass is 19.2. The molecule has 1 unspecified atom stereocenters. The Morgan fingerprint density at radius 2 is 1.90 bits per heavy atom. The Balaban J connectivity index is 2.44. The van der Waals surface area contributed by atoms with Crippen molar-refractivity contribution >= 4 is 12.0 Å². The van der Waals surface area contributed by atoms with E-state index in [1.807, 2.05) is 0 Å². The number of carboxylic acid groups (broad SMARTS) is 1. The highest BCUT2D eigenvalue weighted by Gasteiger charge is 2.30. The summed E-state index contributed by atoms with van der Waals surface area (Å²) in [5.41, 5.74) is -1.75. The van der Waals surface area contributed by atoms with Crippen LogP contribution in [0, 0.1) is 11.6 Å². The van der Waals surface area contributed by atoms with Gasteiger partial charge in [0.2, 0.25) is 0 Å². The summed E-state index contributed by atoms with van der Waals surface area (Å²) in [6.45, 7) is 0.467. The van der Waals surface area contributed by atoms with Gasteiger partial charge in [-0.1, -0.05) is 6.07 Å². The summed E-state index contributed by atoms with van der Waals surface area (Å²) < 4.78 is 25.6. The van der Waals surface area contributed by atoms with Crippen LogP contribution in [0.2, 0.25) is 0 Å². The normalized spacial score (nSPS) is 13.4. The molecule has 1 aromatic carbocycles. The Morgan fingerprint density at radius 1 is 1.25 bits per heavy atom. The Bertz CT molecular complexity index is 520. The third-order valence-electron chi connectivity index (χ3n) is 2.49. The number of benzene rings is 1. The lowest BCUT2D eigenvalue weighted by atomic mass is 10.1. The van der Waals surface area contributed by atoms with Gasteiger partial charge in [-0.05, 0) is 24.6 Å². The van der Waals surface area contributed by atoms with Gasteiger partial charge in [-0.15, -0.1) is 0 Å². The number of carboxylic acids is 1. The molecule has 0 fully saturated rings. The van der Waals surface area contributed by atoms with Crippen LogP contribution in [0.3, 0.4) is 0 Å². The van der Waals surface area contributed by atoms with Crippen molar-refractivity contribution in [3.8, 4) is 0 Å². The monoisotopic (exact) mass is 288 g/mol. The van der Waals surface area contributed by atoms with Gasteiger partial charge in [0.25, 0.3) is 0 Å². The van der Waals surface area contributed by atoms with Crippen LogP contribution in [0.25, 0.3) is 0 Å². The quantitative estimate of drug-likeness (QED) is 0.637. The van der Waals surface area contributed by atoms with E-state index in [0.717, 1.165) is 19.1 Å². The van der Waals surface area contributed by atoms with E-state index in [9.17, 15) is 23.5 Å². The molecule has 110 valence electrons. The topological polar surface area (TPSA) is 98.7 Å². The SMILES string of the molecule is CC(O)(CNC(=O)NCc1ccc(F)c(F)c1)C(=O)O. The maximum absolute atomic E-state index is 12.9. The lowest BCUT2D eigenvalue weighted by Crippen LogP contribution is -2.48. The van der Waals surface area contributed by atoms with E-state index in [0.29, 0.717) is 5.56 Å². The van der Waals surface area contributed by atoms with Crippen molar-refractivity contribution in [1.29, 1.82) is 0 Å². The zero-order valence-corrected chi connectivity index (χ0v) is 10.6. The minimum atomic E-state index is -2.08. The molecule has 8 heteroatoms. The first-order valence-electron chi connectivity index (χ1n) is 5.64. The summed E-state index contributed by atoms with van der Waals surface area (Å²) in [5.74, 6) is -3.49. The molecule has 1 aromatic rings. The minimum Gasteiger partial charge on any atom is -0.479 e. The van der Waals surface area contributed by atoms with Gasteiger partial charge in [-0.3, -0.25) is 0 Å². The number of rotatable bonds is 5. The fraction of sp³-hybridized carbons (Fsp3) is 0.333. The van der Waals surface area contributed by atoms with Crippen LogP contribution >= 0.6 is 0 Å². The number of carbonyl (C=O) groups excluding carboxylic acids is 1. The van der Waals surface area contributed by atoms with Crippen LogP contribution in [0.1, 0.15) is 12.5 Å². The fourth-order valence-corrected chi connectivity index (χ4v) is 1.22. The van der Waals surface area contributed by atoms with Crippen molar-refractivity contribution in [1.82, 2.24) is 10.6 Å². The first kappa shape index (κ1) is 15.8. The zero-order valence-electron chi connectivity index (χ0n) is 10.6. The van der Waals surface area contributed by atoms with Gasteiger partial charge in [0, 0.05) is 6.54 Å². The molecule has 0 heterocycles. The van der Waals surface area contributed by atoms with E-state index in [-0.39, 0.29) is 6.54 Å². The number of aliphatic carboxylic acids is 1. The Hall–Kier alpha value is -2.22. The summed E-state index contributed by atoms with van der Waals surface area (Å²) in [7, 11) is 0. The minimum absolute atomic E-state index is 0.0712. The van der Waals surface area contributed by atoms with Gasteiger partial charge < -0.3 is 20.8 Å². The molecule has 0 radical (unpaired) electrons. The molecule has 1 rings (SSSR count). The summed E-state index contributed by atoms with van der Waals surface area (Å²) in [5, 5.41) is 22.4. The van der Waals surface area contributed by atoms with Crippen LogP contribution in [0.15, 0.2) is 18.2 Å². The molecule has 2 amide bonds. The Morgan fingerprint density at radius 3 is 2.45 bits per heavy atom. The zero-order chi connectivity index (χ0) is 15.3. The van der Waals surface area contributed by atoms with Crippen molar-refractivity contribution in [3.05, 3.63) is 35.4 Å². The molecule has 20 heavy (non-hydrogen) atoms. The second-order valence-electron chi connectivity index (χ2n) is 4.36. The molecule has 0 spiro atoms. The van der Waals surface area contributed by atoms with Gasteiger partial charge >= 0.3 is 12.0 Å². The summed E-state index contributed by atoms with van der Waals surface area (Å²) in [6.07, 6.45) is 0. The first-order chi connectivity index (χ1) is 9.22. The van der Waals surface area contributed by atoms with E-state index in [1.54, 1.807) is 0 Å². The average molecular weight is 288 g/mol. The number of hydrogen-bond acceptors (Lipinski definition) is 3. The van der Waals surface area contributed by atoms with Crippen molar-refractivity contribution in [3.63, 3.8) is 0 Å². The molecule has 4 N–H and O–H groups in total. The fourth-order valence-electron chi connectivity index (χ4n) is 1.22. The largest absolute Gasteiger partial charge is 0.479 e. The maximum Gasteiger partial charge on any atom is 0.337 e. The van der Waals surface area contributed by atoms with Gasteiger partial charge in [0.05, 0.1) is 6.54 Å². The predicted octanol–water partition coefficient (Wildman–Crippen LogP) is 0.600. The van der Waals surface area contributed by atoms with E-state index < -0.39 is 35.8 Å². The number of amides is 2. The molecular formula is C12H14F2N2O4. The van der Waals surface area contributed by atoms with Crippen molar-refractivity contribution in [2.45, 2.75) is 19.1 Å². The Kier molecular flexibility index (Phi) is 4.98. The lowest BCUT2D eigenvalue weighted by Gasteiger charge is -2.18. The highest BCUT2D eigenvalue weighted by Crippen LogP contribution is 2.08.